The molecular weight excluding hydrogens is 456 g/mol. The lowest BCUT2D eigenvalue weighted by Crippen LogP contribution is -2.43. The summed E-state index contributed by atoms with van der Waals surface area (Å²) >= 11 is 0. The lowest BCUT2D eigenvalue weighted by atomic mass is 9.74. The van der Waals surface area contributed by atoms with E-state index in [0.717, 1.165) is 18.9 Å². The van der Waals surface area contributed by atoms with Crippen LogP contribution in [0, 0.1) is 11.7 Å². The number of alkyl halides is 3. The van der Waals surface area contributed by atoms with Crippen molar-refractivity contribution in [2.75, 3.05) is 6.54 Å². The van der Waals surface area contributed by atoms with Crippen molar-refractivity contribution in [1.82, 2.24) is 10.3 Å². The van der Waals surface area contributed by atoms with Crippen LogP contribution in [0.2, 0.25) is 0 Å². The molecule has 0 spiro atoms. The Bertz CT molecular complexity index is 1270. The predicted octanol–water partition coefficient (Wildman–Crippen LogP) is 6.52. The van der Waals surface area contributed by atoms with Crippen molar-refractivity contribution in [2.24, 2.45) is 5.92 Å². The molecule has 1 aromatic heterocycles. The molecule has 5 rings (SSSR count). The lowest BCUT2D eigenvalue weighted by Gasteiger charge is -2.39. The van der Waals surface area contributed by atoms with Gasteiger partial charge in [-0.3, -0.25) is 0 Å². The third-order valence-electron chi connectivity index (χ3n) is 7.17. The predicted molar refractivity (Wildman–Crippen MR) is 126 cm³/mol. The molecule has 0 saturated carbocycles. The average Bonchev–Trinajstić information content (AvgIpc) is 3.17. The fraction of sp³-hybridized carbons (Fsp3) is 0.393. The molecule has 3 aromatic rings. The topological polar surface area (TPSA) is 34.1 Å². The third kappa shape index (κ3) is 4.42. The molecule has 0 bridgehead atoms. The minimum absolute atomic E-state index is 0.0168. The Labute approximate surface area is 202 Å². The summed E-state index contributed by atoms with van der Waals surface area (Å²) in [7, 11) is 0. The van der Waals surface area contributed by atoms with Crippen LogP contribution in [0.25, 0.3) is 0 Å². The second-order valence-electron chi connectivity index (χ2n) is 10.4. The van der Waals surface area contributed by atoms with Gasteiger partial charge in [-0.15, -0.1) is 0 Å². The largest absolute Gasteiger partial charge is 0.473 e. The molecule has 2 aliphatic rings. The van der Waals surface area contributed by atoms with Gasteiger partial charge in [0.1, 0.15) is 12.4 Å². The quantitative estimate of drug-likeness (QED) is 0.428. The van der Waals surface area contributed by atoms with Crippen LogP contribution in [0.15, 0.2) is 48.7 Å². The Morgan fingerprint density at radius 3 is 2.60 bits per heavy atom. The van der Waals surface area contributed by atoms with E-state index in [2.05, 4.69) is 17.2 Å². The molecule has 2 aromatic carbocycles. The first-order chi connectivity index (χ1) is 16.5. The summed E-state index contributed by atoms with van der Waals surface area (Å²) in [6.45, 7) is 6.45. The van der Waals surface area contributed by atoms with Crippen molar-refractivity contribution in [3.8, 4) is 5.88 Å². The molecule has 2 unspecified atom stereocenters. The zero-order valence-electron chi connectivity index (χ0n) is 20.0. The lowest BCUT2D eigenvalue weighted by molar-refractivity contribution is -0.138. The van der Waals surface area contributed by atoms with Crippen molar-refractivity contribution in [1.29, 1.82) is 0 Å². The zero-order valence-corrected chi connectivity index (χ0v) is 20.0. The molecule has 2 heterocycles. The first-order valence-corrected chi connectivity index (χ1v) is 11.9. The van der Waals surface area contributed by atoms with Crippen molar-refractivity contribution in [3.05, 3.63) is 93.4 Å². The van der Waals surface area contributed by atoms with Gasteiger partial charge in [-0.1, -0.05) is 51.1 Å². The monoisotopic (exact) mass is 484 g/mol. The van der Waals surface area contributed by atoms with Crippen LogP contribution in [-0.2, 0) is 31.0 Å². The molecule has 1 N–H and O–H groups in total. The van der Waals surface area contributed by atoms with Gasteiger partial charge in [0.15, 0.2) is 0 Å². The number of nitrogens with zero attached hydrogens (tertiary/aromatic N) is 1. The van der Waals surface area contributed by atoms with Crippen molar-refractivity contribution in [2.45, 2.75) is 57.9 Å². The summed E-state index contributed by atoms with van der Waals surface area (Å²) in [6, 6.07) is 9.84. The summed E-state index contributed by atoms with van der Waals surface area (Å²) in [5, 5.41) is 3.18. The number of hydrogen-bond donors (Lipinski definition) is 1. The van der Waals surface area contributed by atoms with Crippen LogP contribution in [-0.4, -0.2) is 11.5 Å². The standard InChI is InChI=1S/C28H28F4N2O/c1-16-10-18-12-23(33-13-19(18)11-16)35-14-17-8-9-22-24(25(17)29)26(34-15-27(22,2)3)20-6-4-5-7-21(20)28(30,31)32/h4-9,12-13,16,26,34H,10-11,14-15H2,1-3H3. The molecule has 0 saturated heterocycles. The van der Waals surface area contributed by atoms with E-state index < -0.39 is 29.0 Å². The maximum absolute atomic E-state index is 16.0. The highest BCUT2D eigenvalue weighted by atomic mass is 19.4. The number of rotatable bonds is 4. The number of ether oxygens (including phenoxy) is 1. The van der Waals surface area contributed by atoms with E-state index in [4.69, 9.17) is 4.74 Å². The van der Waals surface area contributed by atoms with Gasteiger partial charge in [-0.2, -0.15) is 13.2 Å². The van der Waals surface area contributed by atoms with Gasteiger partial charge in [0.05, 0.1) is 11.6 Å². The van der Waals surface area contributed by atoms with E-state index in [1.165, 1.54) is 23.3 Å². The summed E-state index contributed by atoms with van der Waals surface area (Å²) < 4.78 is 63.2. The number of fused-ring (bicyclic) bond motifs is 2. The highest BCUT2D eigenvalue weighted by molar-refractivity contribution is 5.49. The second kappa shape index (κ2) is 8.63. The molecule has 0 fully saturated rings. The number of pyridine rings is 1. The van der Waals surface area contributed by atoms with Crippen molar-refractivity contribution >= 4 is 0 Å². The summed E-state index contributed by atoms with van der Waals surface area (Å²) in [5.74, 6) is 0.444. The second-order valence-corrected chi connectivity index (χ2v) is 10.4. The van der Waals surface area contributed by atoms with Crippen LogP contribution in [0.1, 0.15) is 65.8 Å². The van der Waals surface area contributed by atoms with Gasteiger partial charge < -0.3 is 10.1 Å². The Kier molecular flexibility index (Phi) is 5.86. The Hall–Kier alpha value is -2.93. The maximum Gasteiger partial charge on any atom is 0.416 e. The van der Waals surface area contributed by atoms with Gasteiger partial charge in [-0.25, -0.2) is 9.37 Å². The van der Waals surface area contributed by atoms with E-state index in [9.17, 15) is 13.2 Å². The van der Waals surface area contributed by atoms with Gasteiger partial charge in [0.25, 0.3) is 0 Å². The average molecular weight is 485 g/mol. The summed E-state index contributed by atoms with van der Waals surface area (Å²) in [4.78, 5) is 4.36. The first-order valence-electron chi connectivity index (χ1n) is 11.9. The van der Waals surface area contributed by atoms with E-state index in [1.807, 2.05) is 32.2 Å². The Morgan fingerprint density at radius 1 is 1.09 bits per heavy atom. The molecule has 184 valence electrons. The van der Waals surface area contributed by atoms with Crippen molar-refractivity contribution < 1.29 is 22.3 Å². The van der Waals surface area contributed by atoms with E-state index in [0.29, 0.717) is 23.9 Å². The van der Waals surface area contributed by atoms with Crippen molar-refractivity contribution in [3.63, 3.8) is 0 Å². The molecule has 3 nitrogen and oxygen atoms in total. The number of aromatic nitrogens is 1. The smallest absolute Gasteiger partial charge is 0.416 e. The van der Waals surface area contributed by atoms with E-state index in [-0.39, 0.29) is 23.3 Å². The Balaban J connectivity index is 1.51. The number of hydrogen-bond acceptors (Lipinski definition) is 3. The van der Waals surface area contributed by atoms with E-state index in [1.54, 1.807) is 12.1 Å². The minimum Gasteiger partial charge on any atom is -0.473 e. The SMILES string of the molecule is CC1Cc2cnc(OCc3ccc4c(c3F)C(c3ccccc3C(F)(F)F)NCC4(C)C)cc2C1. The third-order valence-corrected chi connectivity index (χ3v) is 7.17. The van der Waals surface area contributed by atoms with Crippen LogP contribution < -0.4 is 10.1 Å². The number of benzene rings is 2. The van der Waals surface area contributed by atoms with Crippen LogP contribution >= 0.6 is 0 Å². The van der Waals surface area contributed by atoms with E-state index >= 15 is 4.39 Å². The number of halogens is 4. The molecule has 7 heteroatoms. The fourth-order valence-electron chi connectivity index (χ4n) is 5.38. The highest BCUT2D eigenvalue weighted by Crippen LogP contribution is 2.43. The molecular formula is C28H28F4N2O. The Morgan fingerprint density at radius 2 is 1.83 bits per heavy atom. The molecule has 35 heavy (non-hydrogen) atoms. The van der Waals surface area contributed by atoms with Crippen LogP contribution in [0.4, 0.5) is 17.6 Å². The summed E-state index contributed by atoms with van der Waals surface area (Å²) in [5.41, 5.74) is 2.45. The highest BCUT2D eigenvalue weighted by Gasteiger charge is 2.40. The first kappa shape index (κ1) is 23.8. The molecule has 0 amide bonds. The summed E-state index contributed by atoms with van der Waals surface area (Å²) in [6.07, 6.45) is -0.776. The van der Waals surface area contributed by atoms with Gasteiger partial charge in [0, 0.05) is 35.3 Å². The van der Waals surface area contributed by atoms with Crippen LogP contribution in [0.3, 0.4) is 0 Å². The molecule has 0 radical (unpaired) electrons. The molecule has 1 aliphatic carbocycles. The zero-order chi connectivity index (χ0) is 25.0. The minimum atomic E-state index is -4.54. The normalized spacial score (nSPS) is 20.9. The van der Waals surface area contributed by atoms with Crippen LogP contribution in [0.5, 0.6) is 5.88 Å². The molecule has 2 atom stereocenters. The van der Waals surface area contributed by atoms with Gasteiger partial charge in [0.2, 0.25) is 5.88 Å². The fourth-order valence-corrected chi connectivity index (χ4v) is 5.38. The maximum atomic E-state index is 16.0. The van der Waals surface area contributed by atoms with Gasteiger partial charge >= 0.3 is 6.18 Å². The number of nitrogens with one attached hydrogen (secondary N) is 1. The molecule has 1 aliphatic heterocycles. The van der Waals surface area contributed by atoms with Gasteiger partial charge in [-0.05, 0) is 47.1 Å².